The van der Waals surface area contributed by atoms with E-state index >= 15 is 0 Å². The first kappa shape index (κ1) is 19.7. The molecule has 0 aliphatic heterocycles. The van der Waals surface area contributed by atoms with Gasteiger partial charge in [-0.05, 0) is 32.7 Å². The summed E-state index contributed by atoms with van der Waals surface area (Å²) in [6, 6.07) is -2.70. The molecular formula is C12H24N4O4S. The quantitative estimate of drug-likeness (QED) is 0.212. The van der Waals surface area contributed by atoms with E-state index in [1.807, 2.05) is 0 Å². The van der Waals surface area contributed by atoms with Crippen LogP contribution in [0.4, 0.5) is 0 Å². The van der Waals surface area contributed by atoms with Gasteiger partial charge >= 0.3 is 5.97 Å². The van der Waals surface area contributed by atoms with E-state index in [-0.39, 0.29) is 5.75 Å². The summed E-state index contributed by atoms with van der Waals surface area (Å²) in [4.78, 5) is 34.6. The first-order valence-corrected chi connectivity index (χ1v) is 7.36. The van der Waals surface area contributed by atoms with E-state index in [1.165, 1.54) is 6.92 Å². The number of carboxylic acid groups (broad SMARTS) is 1. The summed E-state index contributed by atoms with van der Waals surface area (Å²) in [6.45, 7) is 1.97. The van der Waals surface area contributed by atoms with Gasteiger partial charge in [0.05, 0.1) is 6.04 Å². The third kappa shape index (κ3) is 7.88. The summed E-state index contributed by atoms with van der Waals surface area (Å²) >= 11 is 3.87. The number of hydrogen-bond acceptors (Lipinski definition) is 6. The van der Waals surface area contributed by atoms with Gasteiger partial charge in [-0.1, -0.05) is 0 Å². The van der Waals surface area contributed by atoms with Gasteiger partial charge in [0.25, 0.3) is 0 Å². The lowest BCUT2D eigenvalue weighted by Gasteiger charge is -2.21. The van der Waals surface area contributed by atoms with Crippen LogP contribution in [0.2, 0.25) is 0 Å². The highest BCUT2D eigenvalue weighted by molar-refractivity contribution is 7.80. The maximum absolute atomic E-state index is 12.1. The zero-order chi connectivity index (χ0) is 16.4. The Morgan fingerprint density at radius 3 is 2.14 bits per heavy atom. The van der Waals surface area contributed by atoms with Gasteiger partial charge in [0.15, 0.2) is 0 Å². The lowest BCUT2D eigenvalue weighted by molar-refractivity contribution is -0.141. The van der Waals surface area contributed by atoms with Gasteiger partial charge in [0.1, 0.15) is 12.1 Å². The zero-order valence-electron chi connectivity index (χ0n) is 12.0. The topological polar surface area (TPSA) is 148 Å². The number of rotatable bonds is 10. The monoisotopic (exact) mass is 320 g/mol. The maximum atomic E-state index is 12.1. The molecule has 2 amide bonds. The minimum atomic E-state index is -1.18. The highest BCUT2D eigenvalue weighted by Gasteiger charge is 2.26. The Bertz CT molecular complexity index is 365. The van der Waals surface area contributed by atoms with Crippen LogP contribution >= 0.6 is 12.6 Å². The average molecular weight is 320 g/mol. The van der Waals surface area contributed by atoms with Crippen LogP contribution in [0.1, 0.15) is 26.2 Å². The molecule has 0 aromatic rings. The molecule has 0 aliphatic carbocycles. The van der Waals surface area contributed by atoms with E-state index in [2.05, 4.69) is 23.3 Å². The van der Waals surface area contributed by atoms with Gasteiger partial charge in [-0.25, -0.2) is 4.79 Å². The van der Waals surface area contributed by atoms with Crippen molar-refractivity contribution in [1.82, 2.24) is 10.6 Å². The maximum Gasteiger partial charge on any atom is 0.327 e. The molecule has 0 spiro atoms. The number of carbonyl (C=O) groups excluding carboxylic acids is 2. The van der Waals surface area contributed by atoms with E-state index in [0.29, 0.717) is 25.8 Å². The first-order valence-electron chi connectivity index (χ1n) is 6.73. The number of nitrogens with two attached hydrogens (primary N) is 2. The number of hydrogen-bond donors (Lipinski definition) is 6. The van der Waals surface area contributed by atoms with Crippen molar-refractivity contribution in [1.29, 1.82) is 0 Å². The smallest absolute Gasteiger partial charge is 0.327 e. The number of carboxylic acids is 1. The second kappa shape index (κ2) is 10.4. The number of carbonyl (C=O) groups is 3. The molecule has 0 aliphatic rings. The summed E-state index contributed by atoms with van der Waals surface area (Å²) in [5.74, 6) is -2.27. The Labute approximate surface area is 129 Å². The Balaban J connectivity index is 4.71. The summed E-state index contributed by atoms with van der Waals surface area (Å²) in [5, 5.41) is 13.7. The van der Waals surface area contributed by atoms with Crippen molar-refractivity contribution in [2.75, 3.05) is 12.3 Å². The Hall–Kier alpha value is -1.32. The predicted octanol–water partition coefficient (Wildman–Crippen LogP) is -1.55. The molecule has 0 rings (SSSR count). The van der Waals surface area contributed by atoms with Crippen molar-refractivity contribution < 1.29 is 19.5 Å². The van der Waals surface area contributed by atoms with Crippen LogP contribution in [0.15, 0.2) is 0 Å². The third-order valence-electron chi connectivity index (χ3n) is 2.79. The van der Waals surface area contributed by atoms with Crippen molar-refractivity contribution in [3.63, 3.8) is 0 Å². The third-order valence-corrected chi connectivity index (χ3v) is 3.16. The number of aliphatic carboxylic acids is 1. The van der Waals surface area contributed by atoms with Gasteiger partial charge in [-0.3, -0.25) is 9.59 Å². The summed E-state index contributed by atoms with van der Waals surface area (Å²) in [7, 11) is 0. The summed E-state index contributed by atoms with van der Waals surface area (Å²) in [6.07, 6.45) is 1.69. The van der Waals surface area contributed by atoms with Crippen LogP contribution in [0.25, 0.3) is 0 Å². The Morgan fingerprint density at radius 2 is 1.71 bits per heavy atom. The summed E-state index contributed by atoms with van der Waals surface area (Å²) in [5.41, 5.74) is 10.8. The van der Waals surface area contributed by atoms with E-state index in [1.54, 1.807) is 0 Å². The molecule has 3 unspecified atom stereocenters. The van der Waals surface area contributed by atoms with Crippen LogP contribution in [0.5, 0.6) is 0 Å². The molecule has 0 saturated carbocycles. The van der Waals surface area contributed by atoms with Crippen LogP contribution in [-0.2, 0) is 14.4 Å². The molecule has 0 aromatic carbocycles. The molecule has 9 heteroatoms. The fraction of sp³-hybridized carbons (Fsp3) is 0.750. The van der Waals surface area contributed by atoms with Crippen molar-refractivity contribution in [3.05, 3.63) is 0 Å². The first-order chi connectivity index (χ1) is 9.83. The molecule has 0 saturated heterocycles. The largest absolute Gasteiger partial charge is 0.480 e. The number of thiol groups is 1. The molecule has 3 atom stereocenters. The van der Waals surface area contributed by atoms with Crippen molar-refractivity contribution >= 4 is 30.4 Å². The molecular weight excluding hydrogens is 296 g/mol. The molecule has 122 valence electrons. The normalized spacial score (nSPS) is 14.9. The standard InChI is InChI=1S/C12H24N4O4S/c1-7(14)10(17)15-8(4-2-3-5-13)11(18)16-9(6-21)12(19)20/h7-9,21H,2-6,13-14H2,1H3,(H,15,17)(H,16,18)(H,19,20). The highest BCUT2D eigenvalue weighted by Crippen LogP contribution is 2.02. The molecule has 0 bridgehead atoms. The molecule has 7 N–H and O–H groups in total. The van der Waals surface area contributed by atoms with Gasteiger partial charge in [-0.15, -0.1) is 0 Å². The summed E-state index contributed by atoms with van der Waals surface area (Å²) < 4.78 is 0. The van der Waals surface area contributed by atoms with E-state index in [4.69, 9.17) is 16.6 Å². The minimum Gasteiger partial charge on any atom is -0.480 e. The number of unbranched alkanes of at least 4 members (excludes halogenated alkanes) is 1. The molecule has 0 aromatic heterocycles. The van der Waals surface area contributed by atoms with E-state index < -0.39 is 35.9 Å². The minimum absolute atomic E-state index is 0.0438. The fourth-order valence-corrected chi connectivity index (χ4v) is 1.77. The molecule has 8 nitrogen and oxygen atoms in total. The second-order valence-electron chi connectivity index (χ2n) is 4.72. The molecule has 0 radical (unpaired) electrons. The number of amides is 2. The zero-order valence-corrected chi connectivity index (χ0v) is 12.9. The highest BCUT2D eigenvalue weighted by atomic mass is 32.1. The van der Waals surface area contributed by atoms with Crippen molar-refractivity contribution in [2.45, 2.75) is 44.3 Å². The van der Waals surface area contributed by atoms with E-state index in [0.717, 1.165) is 0 Å². The van der Waals surface area contributed by atoms with Crippen LogP contribution < -0.4 is 22.1 Å². The van der Waals surface area contributed by atoms with Gasteiger partial charge in [0.2, 0.25) is 11.8 Å². The fourth-order valence-electron chi connectivity index (χ4n) is 1.52. The van der Waals surface area contributed by atoms with Gasteiger partial charge in [0, 0.05) is 5.75 Å². The predicted molar refractivity (Wildman–Crippen MR) is 81.9 cm³/mol. The van der Waals surface area contributed by atoms with Crippen LogP contribution in [0, 0.1) is 0 Å². The van der Waals surface area contributed by atoms with Gasteiger partial charge in [-0.2, -0.15) is 12.6 Å². The molecule has 0 heterocycles. The SMILES string of the molecule is CC(N)C(=O)NC(CCCCN)C(=O)NC(CS)C(=O)O. The molecule has 0 fully saturated rings. The Kier molecular flexibility index (Phi) is 9.76. The lowest BCUT2D eigenvalue weighted by Crippen LogP contribution is -2.54. The van der Waals surface area contributed by atoms with Crippen LogP contribution in [0.3, 0.4) is 0 Å². The average Bonchev–Trinajstić information content (AvgIpc) is 2.42. The van der Waals surface area contributed by atoms with Crippen LogP contribution in [-0.4, -0.2) is 53.3 Å². The Morgan fingerprint density at radius 1 is 1.14 bits per heavy atom. The molecule has 21 heavy (non-hydrogen) atoms. The second-order valence-corrected chi connectivity index (χ2v) is 5.08. The van der Waals surface area contributed by atoms with E-state index in [9.17, 15) is 14.4 Å². The van der Waals surface area contributed by atoms with Crippen molar-refractivity contribution in [3.8, 4) is 0 Å². The number of nitrogens with one attached hydrogen (secondary N) is 2. The lowest BCUT2D eigenvalue weighted by atomic mass is 10.1. The van der Waals surface area contributed by atoms with Gasteiger partial charge < -0.3 is 27.2 Å². The van der Waals surface area contributed by atoms with Crippen molar-refractivity contribution in [2.24, 2.45) is 11.5 Å².